The lowest BCUT2D eigenvalue weighted by molar-refractivity contribution is -0.130. The number of hydrogen-bond acceptors (Lipinski definition) is 7. The van der Waals surface area contributed by atoms with E-state index in [2.05, 4.69) is 10.5 Å². The van der Waals surface area contributed by atoms with Gasteiger partial charge in [0.05, 0.1) is 24.5 Å². The Labute approximate surface area is 180 Å². The second-order valence-electron chi connectivity index (χ2n) is 6.43. The number of nitrogens with one attached hydrogen (secondary N) is 1. The van der Waals surface area contributed by atoms with Crippen molar-refractivity contribution < 1.29 is 23.8 Å². The summed E-state index contributed by atoms with van der Waals surface area (Å²) >= 11 is 0. The molecule has 1 N–H and O–H groups in total. The van der Waals surface area contributed by atoms with Gasteiger partial charge in [-0.3, -0.25) is 9.59 Å². The van der Waals surface area contributed by atoms with Crippen molar-refractivity contribution in [1.29, 1.82) is 5.26 Å². The summed E-state index contributed by atoms with van der Waals surface area (Å²) in [6, 6.07) is 13.5. The molecule has 0 fully saturated rings. The van der Waals surface area contributed by atoms with Crippen LogP contribution in [0.5, 0.6) is 17.2 Å². The van der Waals surface area contributed by atoms with Gasteiger partial charge in [0, 0.05) is 14.1 Å². The standard InChI is InChI=1S/C22H24N4O5/c1-4-29-20-11-17(7-10-19(20)31-15-22(28)26(2)3)13-24-25-21(27)14-30-18-8-5-16(12-23)6-9-18/h5-11,13H,4,14-15H2,1-3H3,(H,25,27). The SMILES string of the molecule is CCOc1cc(C=NNC(=O)COc2ccc(C#N)cc2)ccc1OCC(=O)N(C)C. The van der Waals surface area contributed by atoms with Gasteiger partial charge in [0.2, 0.25) is 0 Å². The van der Waals surface area contributed by atoms with Crippen LogP contribution in [0.3, 0.4) is 0 Å². The molecule has 2 aromatic carbocycles. The minimum atomic E-state index is -0.437. The minimum absolute atomic E-state index is 0.101. The molecular formula is C22H24N4O5. The van der Waals surface area contributed by atoms with Crippen LogP contribution in [0.1, 0.15) is 18.1 Å². The van der Waals surface area contributed by atoms with Crippen molar-refractivity contribution in [2.45, 2.75) is 6.92 Å². The molecule has 0 spiro atoms. The molecule has 162 valence electrons. The molecule has 0 heterocycles. The molecule has 31 heavy (non-hydrogen) atoms. The summed E-state index contributed by atoms with van der Waals surface area (Å²) in [4.78, 5) is 25.0. The third kappa shape index (κ3) is 7.70. The van der Waals surface area contributed by atoms with Crippen LogP contribution in [0.2, 0.25) is 0 Å². The predicted molar refractivity (Wildman–Crippen MR) is 114 cm³/mol. The maximum absolute atomic E-state index is 11.9. The van der Waals surface area contributed by atoms with Crippen LogP contribution < -0.4 is 19.6 Å². The van der Waals surface area contributed by atoms with Gasteiger partial charge in [0.15, 0.2) is 24.7 Å². The number of rotatable bonds is 10. The summed E-state index contributed by atoms with van der Waals surface area (Å²) < 4.78 is 16.4. The van der Waals surface area contributed by atoms with Gasteiger partial charge in [-0.25, -0.2) is 5.43 Å². The Balaban J connectivity index is 1.90. The van der Waals surface area contributed by atoms with Gasteiger partial charge >= 0.3 is 0 Å². The lowest BCUT2D eigenvalue weighted by Gasteiger charge is -2.14. The number of hydrogen-bond donors (Lipinski definition) is 1. The van der Waals surface area contributed by atoms with Crippen molar-refractivity contribution in [3.63, 3.8) is 0 Å². The Kier molecular flexibility index (Phi) is 8.86. The molecule has 9 heteroatoms. The van der Waals surface area contributed by atoms with Gasteiger partial charge in [0.25, 0.3) is 11.8 Å². The zero-order valence-electron chi connectivity index (χ0n) is 17.6. The minimum Gasteiger partial charge on any atom is -0.490 e. The maximum Gasteiger partial charge on any atom is 0.277 e. The number of nitrogens with zero attached hydrogens (tertiary/aromatic N) is 3. The molecular weight excluding hydrogens is 400 g/mol. The number of carbonyl (C=O) groups is 2. The third-order valence-electron chi connectivity index (χ3n) is 3.87. The number of likely N-dealkylation sites (N-methyl/N-ethyl adjacent to an activating group) is 1. The molecule has 2 aromatic rings. The Morgan fingerprint density at radius 3 is 2.45 bits per heavy atom. The first-order chi connectivity index (χ1) is 14.9. The molecule has 0 aliphatic carbocycles. The van der Waals surface area contributed by atoms with Crippen molar-refractivity contribution in [3.8, 4) is 23.3 Å². The summed E-state index contributed by atoms with van der Waals surface area (Å²) in [6.45, 7) is 1.93. The van der Waals surface area contributed by atoms with Crippen molar-refractivity contribution in [3.05, 3.63) is 53.6 Å². The van der Waals surface area contributed by atoms with Gasteiger partial charge in [-0.15, -0.1) is 0 Å². The van der Waals surface area contributed by atoms with E-state index in [-0.39, 0.29) is 19.1 Å². The van der Waals surface area contributed by atoms with E-state index in [1.165, 1.54) is 11.1 Å². The molecule has 0 bridgehead atoms. The van der Waals surface area contributed by atoms with Gasteiger partial charge in [-0.1, -0.05) is 0 Å². The fraction of sp³-hybridized carbons (Fsp3) is 0.273. The highest BCUT2D eigenvalue weighted by atomic mass is 16.5. The van der Waals surface area contributed by atoms with Crippen molar-refractivity contribution in [1.82, 2.24) is 10.3 Å². The molecule has 0 unspecified atom stereocenters. The number of amides is 2. The summed E-state index contributed by atoms with van der Waals surface area (Å²) in [5.41, 5.74) is 3.55. The number of nitriles is 1. The summed E-state index contributed by atoms with van der Waals surface area (Å²) in [5, 5.41) is 12.7. The topological polar surface area (TPSA) is 113 Å². The molecule has 0 aliphatic rings. The number of benzene rings is 2. The van der Waals surface area contributed by atoms with Gasteiger partial charge < -0.3 is 19.1 Å². The average molecular weight is 424 g/mol. The average Bonchev–Trinajstić information content (AvgIpc) is 2.77. The molecule has 0 saturated heterocycles. The van der Waals surface area contributed by atoms with E-state index in [4.69, 9.17) is 19.5 Å². The highest BCUT2D eigenvalue weighted by Gasteiger charge is 2.10. The first-order valence-electron chi connectivity index (χ1n) is 9.47. The predicted octanol–water partition coefficient (Wildman–Crippen LogP) is 1.95. The van der Waals surface area contributed by atoms with Crippen LogP contribution in [0.15, 0.2) is 47.6 Å². The van der Waals surface area contributed by atoms with E-state index in [9.17, 15) is 9.59 Å². The second-order valence-corrected chi connectivity index (χ2v) is 6.43. The van der Waals surface area contributed by atoms with E-state index >= 15 is 0 Å². The van der Waals surface area contributed by atoms with E-state index < -0.39 is 5.91 Å². The summed E-state index contributed by atoms with van der Waals surface area (Å²) in [6.07, 6.45) is 1.46. The quantitative estimate of drug-likeness (QED) is 0.461. The fourth-order valence-electron chi connectivity index (χ4n) is 2.25. The zero-order valence-corrected chi connectivity index (χ0v) is 17.6. The third-order valence-corrected chi connectivity index (χ3v) is 3.87. The molecule has 0 aromatic heterocycles. The van der Waals surface area contributed by atoms with Gasteiger partial charge in [0.1, 0.15) is 5.75 Å². The Bertz CT molecular complexity index is 965. The van der Waals surface area contributed by atoms with E-state index in [0.29, 0.717) is 35.0 Å². The Hall–Kier alpha value is -4.06. The normalized spacial score (nSPS) is 10.3. The molecule has 0 aliphatic heterocycles. The second kappa shape index (κ2) is 11.8. The largest absolute Gasteiger partial charge is 0.490 e. The summed E-state index contributed by atoms with van der Waals surface area (Å²) in [7, 11) is 3.30. The first kappa shape index (κ1) is 23.2. The molecule has 2 amide bonds. The van der Waals surface area contributed by atoms with Crippen LogP contribution in [0.4, 0.5) is 0 Å². The number of carbonyl (C=O) groups excluding carboxylic acids is 2. The molecule has 0 saturated carbocycles. The first-order valence-corrected chi connectivity index (χ1v) is 9.47. The number of ether oxygens (including phenoxy) is 3. The van der Waals surface area contributed by atoms with E-state index in [0.717, 1.165) is 0 Å². The highest BCUT2D eigenvalue weighted by Crippen LogP contribution is 2.28. The lowest BCUT2D eigenvalue weighted by Crippen LogP contribution is -2.27. The van der Waals surface area contributed by atoms with E-state index in [1.807, 2.05) is 13.0 Å². The van der Waals surface area contributed by atoms with Crippen LogP contribution in [0, 0.1) is 11.3 Å². The number of hydrazone groups is 1. The van der Waals surface area contributed by atoms with Crippen molar-refractivity contribution >= 4 is 18.0 Å². The monoisotopic (exact) mass is 424 g/mol. The van der Waals surface area contributed by atoms with Crippen LogP contribution >= 0.6 is 0 Å². The Morgan fingerprint density at radius 2 is 1.81 bits per heavy atom. The lowest BCUT2D eigenvalue weighted by atomic mass is 10.2. The zero-order chi connectivity index (χ0) is 22.6. The maximum atomic E-state index is 11.9. The molecule has 2 rings (SSSR count). The molecule has 0 atom stereocenters. The summed E-state index contributed by atoms with van der Waals surface area (Å²) in [5.74, 6) is 0.775. The fourth-order valence-corrected chi connectivity index (χ4v) is 2.25. The van der Waals surface area contributed by atoms with E-state index in [1.54, 1.807) is 56.6 Å². The highest BCUT2D eigenvalue weighted by molar-refractivity contribution is 5.84. The van der Waals surface area contributed by atoms with Crippen molar-refractivity contribution in [2.24, 2.45) is 5.10 Å². The van der Waals surface area contributed by atoms with Crippen molar-refractivity contribution in [2.75, 3.05) is 33.9 Å². The molecule has 9 nitrogen and oxygen atoms in total. The van der Waals surface area contributed by atoms with Crippen LogP contribution in [-0.4, -0.2) is 56.8 Å². The van der Waals surface area contributed by atoms with Crippen LogP contribution in [-0.2, 0) is 9.59 Å². The van der Waals surface area contributed by atoms with Gasteiger partial charge in [-0.2, -0.15) is 10.4 Å². The molecule has 0 radical (unpaired) electrons. The van der Waals surface area contributed by atoms with Gasteiger partial charge in [-0.05, 0) is 55.0 Å². The smallest absolute Gasteiger partial charge is 0.277 e. The Morgan fingerprint density at radius 1 is 1.06 bits per heavy atom. The van der Waals surface area contributed by atoms with Crippen LogP contribution in [0.25, 0.3) is 0 Å².